The molecule has 1 aromatic carbocycles. The first-order chi connectivity index (χ1) is 6.86. The number of benzene rings is 1. The lowest BCUT2D eigenvalue weighted by Gasteiger charge is -2.03. The molecule has 0 aliphatic heterocycles. The molecule has 1 aromatic heterocycles. The summed E-state index contributed by atoms with van der Waals surface area (Å²) in [5, 5.41) is 5.89. The second kappa shape index (κ2) is 4.30. The van der Waals surface area contributed by atoms with Gasteiger partial charge in [-0.1, -0.05) is 30.4 Å². The molecule has 2 nitrogen and oxygen atoms in total. The fourth-order valence-electron chi connectivity index (χ4n) is 1.04. The van der Waals surface area contributed by atoms with Crippen LogP contribution in [0.4, 0.5) is 5.69 Å². The van der Waals surface area contributed by atoms with Crippen molar-refractivity contribution in [3.8, 4) is 0 Å². The van der Waals surface area contributed by atoms with Crippen LogP contribution in [0, 0.1) is 0 Å². The van der Waals surface area contributed by atoms with Crippen LogP contribution < -0.4 is 5.32 Å². The van der Waals surface area contributed by atoms with Crippen LogP contribution in [-0.4, -0.2) is 9.97 Å². The average Bonchev–Trinajstić information content (AvgIpc) is 2.72. The van der Waals surface area contributed by atoms with Gasteiger partial charge in [-0.15, -0.1) is 11.3 Å². The average molecular weight is 220 g/mol. The molecule has 4 heteroatoms. The van der Waals surface area contributed by atoms with E-state index in [9.17, 15) is 0 Å². The molecular formula is C10H8N2S2. The van der Waals surface area contributed by atoms with Crippen molar-refractivity contribution in [1.29, 1.82) is 0 Å². The molecule has 0 radical (unpaired) electrons. The Labute approximate surface area is 91.6 Å². The lowest BCUT2D eigenvalue weighted by atomic mass is 10.3. The highest BCUT2D eigenvalue weighted by molar-refractivity contribution is 7.81. The van der Waals surface area contributed by atoms with E-state index in [1.54, 1.807) is 6.20 Å². The third-order valence-corrected chi connectivity index (χ3v) is 2.87. The van der Waals surface area contributed by atoms with Crippen LogP contribution in [0.3, 0.4) is 0 Å². The van der Waals surface area contributed by atoms with Crippen molar-refractivity contribution in [1.82, 2.24) is 4.98 Å². The Hall–Kier alpha value is -1.26. The van der Waals surface area contributed by atoms with E-state index in [2.05, 4.69) is 10.3 Å². The van der Waals surface area contributed by atoms with E-state index in [4.69, 9.17) is 12.2 Å². The van der Waals surface area contributed by atoms with Crippen molar-refractivity contribution in [2.24, 2.45) is 0 Å². The number of thiocarbonyl (C=S) groups is 1. The van der Waals surface area contributed by atoms with Crippen LogP contribution >= 0.6 is 23.6 Å². The minimum absolute atomic E-state index is 0.672. The van der Waals surface area contributed by atoms with E-state index in [-0.39, 0.29) is 0 Å². The number of nitrogens with zero attached hydrogens (tertiary/aromatic N) is 1. The predicted molar refractivity (Wildman–Crippen MR) is 63.9 cm³/mol. The van der Waals surface area contributed by atoms with Crippen molar-refractivity contribution < 1.29 is 0 Å². The monoisotopic (exact) mass is 220 g/mol. The number of nitrogens with one attached hydrogen (secondary N) is 1. The van der Waals surface area contributed by atoms with E-state index in [1.807, 2.05) is 35.7 Å². The zero-order valence-corrected chi connectivity index (χ0v) is 8.94. The van der Waals surface area contributed by atoms with Crippen molar-refractivity contribution in [3.05, 3.63) is 46.9 Å². The second-order valence-electron chi connectivity index (χ2n) is 2.66. The highest BCUT2D eigenvalue weighted by Gasteiger charge is 2.02. The van der Waals surface area contributed by atoms with Gasteiger partial charge in [-0.2, -0.15) is 0 Å². The molecule has 1 heterocycles. The summed E-state index contributed by atoms with van der Waals surface area (Å²) in [5.74, 6) is 0. The molecule has 0 bridgehead atoms. The summed E-state index contributed by atoms with van der Waals surface area (Å²) in [6.07, 6.45) is 1.75. The summed E-state index contributed by atoms with van der Waals surface area (Å²) in [4.78, 5) is 4.80. The Balaban J connectivity index is 2.10. The summed E-state index contributed by atoms with van der Waals surface area (Å²) >= 11 is 6.73. The Morgan fingerprint density at radius 3 is 2.71 bits per heavy atom. The fourth-order valence-corrected chi connectivity index (χ4v) is 1.89. The van der Waals surface area contributed by atoms with Crippen LogP contribution in [0.2, 0.25) is 0 Å². The third kappa shape index (κ3) is 2.16. The number of rotatable bonds is 2. The van der Waals surface area contributed by atoms with E-state index in [1.165, 1.54) is 11.3 Å². The molecule has 0 unspecified atom stereocenters. The SMILES string of the molecule is S=C(Nc1ccccc1)c1nccs1. The molecular weight excluding hydrogens is 212 g/mol. The van der Waals surface area contributed by atoms with Gasteiger partial charge in [0.15, 0.2) is 5.01 Å². The number of aromatic nitrogens is 1. The molecule has 0 aliphatic rings. The summed E-state index contributed by atoms with van der Waals surface area (Å²) in [6, 6.07) is 9.84. The molecule has 0 saturated carbocycles. The van der Waals surface area contributed by atoms with Gasteiger partial charge in [0.1, 0.15) is 4.99 Å². The van der Waals surface area contributed by atoms with Crippen LogP contribution in [0.25, 0.3) is 0 Å². The smallest absolute Gasteiger partial charge is 0.150 e. The van der Waals surface area contributed by atoms with Gasteiger partial charge in [-0.05, 0) is 12.1 Å². The molecule has 14 heavy (non-hydrogen) atoms. The van der Waals surface area contributed by atoms with Crippen molar-refractivity contribution >= 4 is 34.2 Å². The quantitative estimate of drug-likeness (QED) is 0.788. The summed E-state index contributed by atoms with van der Waals surface area (Å²) in [7, 11) is 0. The van der Waals surface area contributed by atoms with Crippen LogP contribution in [0.1, 0.15) is 5.01 Å². The largest absolute Gasteiger partial charge is 0.344 e. The molecule has 70 valence electrons. The molecule has 0 amide bonds. The Kier molecular flexibility index (Phi) is 2.86. The third-order valence-electron chi connectivity index (χ3n) is 1.66. The minimum Gasteiger partial charge on any atom is -0.344 e. The van der Waals surface area contributed by atoms with Gasteiger partial charge in [0.05, 0.1) is 0 Å². The van der Waals surface area contributed by atoms with Gasteiger partial charge in [-0.25, -0.2) is 4.98 Å². The molecule has 1 N–H and O–H groups in total. The van der Waals surface area contributed by atoms with Gasteiger partial charge < -0.3 is 5.32 Å². The number of para-hydroxylation sites is 1. The maximum Gasteiger partial charge on any atom is 0.150 e. The van der Waals surface area contributed by atoms with E-state index in [0.29, 0.717) is 4.99 Å². The zero-order valence-electron chi connectivity index (χ0n) is 7.31. The highest BCUT2D eigenvalue weighted by Crippen LogP contribution is 2.10. The maximum absolute atomic E-state index is 5.19. The fraction of sp³-hybridized carbons (Fsp3) is 0. The predicted octanol–water partition coefficient (Wildman–Crippen LogP) is 2.93. The molecule has 0 aliphatic carbocycles. The van der Waals surface area contributed by atoms with Gasteiger partial charge in [0.25, 0.3) is 0 Å². The van der Waals surface area contributed by atoms with E-state index < -0.39 is 0 Å². The van der Waals surface area contributed by atoms with E-state index in [0.717, 1.165) is 10.7 Å². The van der Waals surface area contributed by atoms with Crippen LogP contribution in [-0.2, 0) is 0 Å². The van der Waals surface area contributed by atoms with Gasteiger partial charge in [0, 0.05) is 17.3 Å². The second-order valence-corrected chi connectivity index (χ2v) is 3.96. The highest BCUT2D eigenvalue weighted by atomic mass is 32.1. The number of hydrogen-bond acceptors (Lipinski definition) is 3. The van der Waals surface area contributed by atoms with Crippen molar-refractivity contribution in [2.75, 3.05) is 5.32 Å². The molecule has 0 atom stereocenters. The molecule has 0 saturated heterocycles. The van der Waals surface area contributed by atoms with Gasteiger partial charge in [0.2, 0.25) is 0 Å². The van der Waals surface area contributed by atoms with Gasteiger partial charge >= 0.3 is 0 Å². The number of hydrogen-bond donors (Lipinski definition) is 1. The van der Waals surface area contributed by atoms with Crippen LogP contribution in [0.5, 0.6) is 0 Å². The van der Waals surface area contributed by atoms with Crippen LogP contribution in [0.15, 0.2) is 41.9 Å². The Bertz CT molecular complexity index is 409. The van der Waals surface area contributed by atoms with E-state index >= 15 is 0 Å². The van der Waals surface area contributed by atoms with Crippen molar-refractivity contribution in [3.63, 3.8) is 0 Å². The summed E-state index contributed by atoms with van der Waals surface area (Å²) in [6.45, 7) is 0. The summed E-state index contributed by atoms with van der Waals surface area (Å²) < 4.78 is 0. The Morgan fingerprint density at radius 1 is 1.29 bits per heavy atom. The van der Waals surface area contributed by atoms with Crippen molar-refractivity contribution in [2.45, 2.75) is 0 Å². The number of anilines is 1. The topological polar surface area (TPSA) is 24.9 Å². The summed E-state index contributed by atoms with van der Waals surface area (Å²) in [5.41, 5.74) is 0.993. The molecule has 2 rings (SSSR count). The molecule has 0 spiro atoms. The minimum atomic E-state index is 0.672. The molecule has 2 aromatic rings. The zero-order chi connectivity index (χ0) is 9.80. The normalized spacial score (nSPS) is 9.71. The number of thiazole rings is 1. The first kappa shape index (κ1) is 9.30. The lowest BCUT2D eigenvalue weighted by Crippen LogP contribution is -2.09. The Morgan fingerprint density at radius 2 is 2.07 bits per heavy atom. The first-order valence-corrected chi connectivity index (χ1v) is 5.41. The molecule has 0 fully saturated rings. The van der Waals surface area contributed by atoms with Gasteiger partial charge in [-0.3, -0.25) is 0 Å². The standard InChI is InChI=1S/C10H8N2S2/c13-9(10-11-6-7-14-10)12-8-4-2-1-3-5-8/h1-7H,(H,12,13). The first-order valence-electron chi connectivity index (χ1n) is 4.12. The maximum atomic E-state index is 5.19. The lowest BCUT2D eigenvalue weighted by molar-refractivity contribution is 1.39.